The van der Waals surface area contributed by atoms with Gasteiger partial charge < -0.3 is 10.2 Å². The molecule has 0 spiro atoms. The second-order valence-corrected chi connectivity index (χ2v) is 3.86. The van der Waals surface area contributed by atoms with Crippen LogP contribution in [0.2, 0.25) is 0 Å². The van der Waals surface area contributed by atoms with Crippen LogP contribution in [0, 0.1) is 11.3 Å². The van der Waals surface area contributed by atoms with Crippen molar-refractivity contribution in [2.45, 2.75) is 38.8 Å². The van der Waals surface area contributed by atoms with Gasteiger partial charge in [0, 0.05) is 30.7 Å². The van der Waals surface area contributed by atoms with Gasteiger partial charge in [0.1, 0.15) is 0 Å². The molecule has 0 bridgehead atoms. The smallest absolute Gasteiger partial charge is 0.0396 e. The maximum absolute atomic E-state index is 8.38. The molecule has 1 aliphatic heterocycles. The van der Waals surface area contributed by atoms with Crippen molar-refractivity contribution in [3.05, 3.63) is 5.32 Å². The zero-order chi connectivity index (χ0) is 9.68. The molecule has 0 saturated carbocycles. The Kier molecular flexibility index (Phi) is 7.30. The summed E-state index contributed by atoms with van der Waals surface area (Å²) in [4.78, 5) is 2.47. The van der Waals surface area contributed by atoms with Crippen molar-refractivity contribution < 1.29 is 18.6 Å². The summed E-state index contributed by atoms with van der Waals surface area (Å²) in [6.45, 7) is 7.10. The summed E-state index contributed by atoms with van der Waals surface area (Å²) in [5.74, 6) is 0. The maximum atomic E-state index is 8.38. The van der Waals surface area contributed by atoms with Crippen LogP contribution in [0.1, 0.15) is 26.7 Å². The molecule has 0 atom stereocenters. The van der Waals surface area contributed by atoms with Crippen LogP contribution in [-0.2, 0) is 18.6 Å². The quantitative estimate of drug-likeness (QED) is 0.694. The van der Waals surface area contributed by atoms with Gasteiger partial charge in [0.25, 0.3) is 0 Å². The normalized spacial score (nSPS) is 19.0. The van der Waals surface area contributed by atoms with Gasteiger partial charge in [-0.25, -0.2) is 5.26 Å². The van der Waals surface area contributed by atoms with E-state index in [2.05, 4.69) is 30.1 Å². The monoisotopic (exact) mass is 231 g/mol. The second-order valence-electron chi connectivity index (χ2n) is 3.86. The van der Waals surface area contributed by atoms with Crippen molar-refractivity contribution in [3.8, 4) is 6.07 Å². The van der Waals surface area contributed by atoms with Crippen molar-refractivity contribution in [2.75, 3.05) is 19.6 Å². The molecule has 1 fully saturated rings. The number of rotatable bonds is 3. The van der Waals surface area contributed by atoms with E-state index in [0.717, 1.165) is 25.9 Å². The van der Waals surface area contributed by atoms with Gasteiger partial charge in [-0.05, 0) is 26.9 Å². The Morgan fingerprint density at radius 2 is 2.00 bits per heavy atom. The van der Waals surface area contributed by atoms with E-state index in [-0.39, 0.29) is 18.6 Å². The molecule has 1 aliphatic rings. The van der Waals surface area contributed by atoms with E-state index in [1.165, 1.54) is 0 Å². The van der Waals surface area contributed by atoms with Gasteiger partial charge in [0.05, 0.1) is 0 Å². The number of hydrogen-bond donors (Lipinski definition) is 0. The molecular weight excluding hydrogens is 213 g/mol. The van der Waals surface area contributed by atoms with E-state index in [9.17, 15) is 0 Å². The third-order valence-electron chi connectivity index (χ3n) is 2.65. The predicted molar refractivity (Wildman–Crippen MR) is 53.6 cm³/mol. The van der Waals surface area contributed by atoms with Crippen LogP contribution in [0.3, 0.4) is 0 Å². The van der Waals surface area contributed by atoms with Gasteiger partial charge >= 0.3 is 0 Å². The third kappa shape index (κ3) is 4.48. The van der Waals surface area contributed by atoms with Crippen LogP contribution in [0.15, 0.2) is 0 Å². The minimum absolute atomic E-state index is 0. The average molecular weight is 231 g/mol. The Balaban J connectivity index is 0.00000169. The fourth-order valence-electron chi connectivity index (χ4n) is 1.75. The first-order valence-corrected chi connectivity index (χ1v) is 5.01. The summed E-state index contributed by atoms with van der Waals surface area (Å²) in [6, 6.07) is 3.16. The van der Waals surface area contributed by atoms with E-state index >= 15 is 0 Å². The zero-order valence-electron chi connectivity index (χ0n) is 8.98. The third-order valence-corrected chi connectivity index (χ3v) is 2.65. The summed E-state index contributed by atoms with van der Waals surface area (Å²) in [5, 5.41) is 12.7. The SMILES string of the molecule is CC(C)N1CCC([N-]CC#N)CC1.[V]. The molecule has 0 aromatic carbocycles. The molecule has 1 heterocycles. The van der Waals surface area contributed by atoms with Crippen LogP contribution >= 0.6 is 0 Å². The molecule has 4 heteroatoms. The standard InChI is InChI=1S/C10H18N3.V/c1-9(2)13-7-3-10(4-8-13)12-6-5-11;/h9-10H,3-4,6-8H2,1-2H3;/q-1;. The Hall–Kier alpha value is -0.00558. The van der Waals surface area contributed by atoms with E-state index in [1.54, 1.807) is 0 Å². The average Bonchev–Trinajstić information content (AvgIpc) is 2.15. The van der Waals surface area contributed by atoms with E-state index in [1.807, 2.05) is 0 Å². The largest absolute Gasteiger partial charge is 0.647 e. The van der Waals surface area contributed by atoms with Crippen LogP contribution in [0.5, 0.6) is 0 Å². The number of piperidine rings is 1. The molecule has 0 unspecified atom stereocenters. The minimum atomic E-state index is 0. The Morgan fingerprint density at radius 3 is 2.43 bits per heavy atom. The molecule has 0 aliphatic carbocycles. The van der Waals surface area contributed by atoms with Gasteiger partial charge in [0.15, 0.2) is 0 Å². The van der Waals surface area contributed by atoms with E-state index < -0.39 is 0 Å². The van der Waals surface area contributed by atoms with Gasteiger partial charge in [0.2, 0.25) is 0 Å². The Bertz CT molecular complexity index is 180. The van der Waals surface area contributed by atoms with Crippen LogP contribution in [0.4, 0.5) is 0 Å². The predicted octanol–water partition coefficient (Wildman–Crippen LogP) is 1.75. The molecule has 0 amide bonds. The van der Waals surface area contributed by atoms with Crippen molar-refractivity contribution in [1.82, 2.24) is 4.90 Å². The molecule has 1 saturated heterocycles. The Morgan fingerprint density at radius 1 is 1.43 bits per heavy atom. The first-order valence-electron chi connectivity index (χ1n) is 5.01. The molecule has 1 radical (unpaired) electrons. The van der Waals surface area contributed by atoms with Crippen molar-refractivity contribution in [1.29, 1.82) is 5.26 Å². The van der Waals surface area contributed by atoms with Crippen molar-refractivity contribution in [2.24, 2.45) is 0 Å². The molecule has 14 heavy (non-hydrogen) atoms. The summed E-state index contributed by atoms with van der Waals surface area (Å²) >= 11 is 0. The summed E-state index contributed by atoms with van der Waals surface area (Å²) in [5.41, 5.74) is 0. The first kappa shape index (κ1) is 14.0. The number of nitrogens with zero attached hydrogens (tertiary/aromatic N) is 3. The van der Waals surface area contributed by atoms with E-state index in [0.29, 0.717) is 18.6 Å². The molecule has 0 aromatic rings. The molecular formula is C10H18N3V-. The fourth-order valence-corrected chi connectivity index (χ4v) is 1.75. The first-order chi connectivity index (χ1) is 6.24. The molecule has 3 nitrogen and oxygen atoms in total. The number of likely N-dealkylation sites (tertiary alicyclic amines) is 1. The van der Waals surface area contributed by atoms with Gasteiger partial charge in [-0.15, -0.1) is 6.04 Å². The fraction of sp³-hybridized carbons (Fsp3) is 0.900. The topological polar surface area (TPSA) is 41.1 Å². The summed E-state index contributed by atoms with van der Waals surface area (Å²) in [7, 11) is 0. The zero-order valence-corrected chi connectivity index (χ0v) is 10.4. The molecule has 0 N–H and O–H groups in total. The maximum Gasteiger partial charge on any atom is 0.0396 e. The van der Waals surface area contributed by atoms with Crippen LogP contribution in [0.25, 0.3) is 5.32 Å². The molecule has 79 valence electrons. The molecule has 1 rings (SSSR count). The van der Waals surface area contributed by atoms with Crippen molar-refractivity contribution in [3.63, 3.8) is 0 Å². The summed E-state index contributed by atoms with van der Waals surface area (Å²) < 4.78 is 0. The van der Waals surface area contributed by atoms with Crippen LogP contribution in [-0.4, -0.2) is 36.6 Å². The van der Waals surface area contributed by atoms with Gasteiger partial charge in [-0.1, -0.05) is 19.4 Å². The van der Waals surface area contributed by atoms with Gasteiger partial charge in [-0.3, -0.25) is 0 Å². The minimum Gasteiger partial charge on any atom is -0.647 e. The van der Waals surface area contributed by atoms with Gasteiger partial charge in [-0.2, -0.15) is 0 Å². The van der Waals surface area contributed by atoms with Crippen molar-refractivity contribution >= 4 is 0 Å². The number of nitriles is 1. The summed E-state index contributed by atoms with van der Waals surface area (Å²) in [6.07, 6.45) is 2.25. The molecule has 0 aromatic heterocycles. The second kappa shape index (κ2) is 7.31. The van der Waals surface area contributed by atoms with E-state index in [4.69, 9.17) is 5.26 Å². The number of hydrogen-bond acceptors (Lipinski definition) is 2. The van der Waals surface area contributed by atoms with Crippen LogP contribution < -0.4 is 0 Å². The Labute approximate surface area is 98.7 Å².